The fourth-order valence-electron chi connectivity index (χ4n) is 4.19. The molecule has 0 aliphatic carbocycles. The van der Waals surface area contributed by atoms with E-state index in [-0.39, 0.29) is 17.7 Å². The van der Waals surface area contributed by atoms with Crippen LogP contribution >= 0.6 is 0 Å². The molecule has 1 heterocycles. The maximum absolute atomic E-state index is 14.8. The third kappa shape index (κ3) is 7.69. The van der Waals surface area contributed by atoms with Crippen molar-refractivity contribution >= 4 is 0 Å². The highest BCUT2D eigenvalue weighted by molar-refractivity contribution is 5.66. The summed E-state index contributed by atoms with van der Waals surface area (Å²) in [6.45, 7) is 2.10. The minimum absolute atomic E-state index is 0.0808. The van der Waals surface area contributed by atoms with Crippen molar-refractivity contribution in [2.45, 2.75) is 44.9 Å². The number of ether oxygens (including phenoxy) is 1. The first-order valence-corrected chi connectivity index (χ1v) is 13.0. The van der Waals surface area contributed by atoms with E-state index in [9.17, 15) is 39.5 Å². The van der Waals surface area contributed by atoms with Crippen LogP contribution < -0.4 is 4.74 Å². The lowest BCUT2D eigenvalue weighted by Gasteiger charge is -2.19. The number of aromatic nitrogens is 1. The Morgan fingerprint density at radius 1 is 0.744 bits per heavy atom. The maximum atomic E-state index is 14.8. The average Bonchev–Trinajstić information content (AvgIpc) is 2.91. The largest absolute Gasteiger partial charge is 0.429 e. The Kier molecular flexibility index (Phi) is 9.38. The fourth-order valence-corrected chi connectivity index (χ4v) is 4.19. The van der Waals surface area contributed by atoms with E-state index in [0.717, 1.165) is 61.6 Å². The number of pyridine rings is 1. The van der Waals surface area contributed by atoms with Crippen molar-refractivity contribution < 1.29 is 44.3 Å². The van der Waals surface area contributed by atoms with E-state index < -0.39 is 63.6 Å². The van der Waals surface area contributed by atoms with Gasteiger partial charge in [-0.1, -0.05) is 31.8 Å². The van der Waals surface area contributed by atoms with Crippen molar-refractivity contribution in [2.75, 3.05) is 0 Å². The molecule has 0 aliphatic heterocycles. The van der Waals surface area contributed by atoms with Gasteiger partial charge in [0.25, 0.3) is 0 Å². The summed E-state index contributed by atoms with van der Waals surface area (Å²) in [5.74, 6) is -2.06. The average molecular weight is 608 g/mol. The topological polar surface area (TPSA) is 22.1 Å². The highest BCUT2D eigenvalue weighted by atomic mass is 19.4. The summed E-state index contributed by atoms with van der Waals surface area (Å²) < 4.78 is 130. The Bertz CT molecular complexity index is 1650. The van der Waals surface area contributed by atoms with Gasteiger partial charge in [-0.3, -0.25) is 0 Å². The molecule has 43 heavy (non-hydrogen) atoms. The fraction of sp³-hybridized carbons (Fsp3) is 0.219. The molecule has 0 N–H and O–H groups in total. The van der Waals surface area contributed by atoms with E-state index in [1.54, 1.807) is 12.3 Å². The standard InChI is InChI=1S/C32H22F9NO/c1-2-3-4-5-20-7-10-22(42-18-20)9-6-19-8-13-25(27(34)14-19)32(40,41)43-23-11-12-24(26(33)17-23)21-15-28(35)30(29(36)16-21)31(37,38)39/h7-8,10-18H,2-5H2,1H3. The summed E-state index contributed by atoms with van der Waals surface area (Å²) in [4.78, 5) is 4.23. The van der Waals surface area contributed by atoms with Crippen LogP contribution in [0.5, 0.6) is 5.75 Å². The van der Waals surface area contributed by atoms with Crippen LogP contribution in [0.1, 0.15) is 54.1 Å². The number of unbranched alkanes of at least 4 members (excludes halogenated alkanes) is 2. The second-order valence-electron chi connectivity index (χ2n) is 9.53. The third-order valence-electron chi connectivity index (χ3n) is 6.33. The Morgan fingerprint density at radius 2 is 1.47 bits per heavy atom. The molecule has 1 aromatic heterocycles. The monoisotopic (exact) mass is 607 g/mol. The number of hydrogen-bond donors (Lipinski definition) is 0. The van der Waals surface area contributed by atoms with E-state index in [1.807, 2.05) is 6.07 Å². The quantitative estimate of drug-likeness (QED) is 0.113. The lowest BCUT2D eigenvalue weighted by molar-refractivity contribution is -0.187. The minimum Gasteiger partial charge on any atom is -0.429 e. The van der Waals surface area contributed by atoms with Gasteiger partial charge in [0.15, 0.2) is 0 Å². The van der Waals surface area contributed by atoms with Gasteiger partial charge >= 0.3 is 12.3 Å². The zero-order valence-electron chi connectivity index (χ0n) is 22.4. The highest BCUT2D eigenvalue weighted by Crippen LogP contribution is 2.38. The molecule has 0 unspecified atom stereocenters. The van der Waals surface area contributed by atoms with Gasteiger partial charge in [0.2, 0.25) is 0 Å². The summed E-state index contributed by atoms with van der Waals surface area (Å²) in [7, 11) is 0. The van der Waals surface area contributed by atoms with Gasteiger partial charge in [0, 0.05) is 23.4 Å². The van der Waals surface area contributed by atoms with Crippen LogP contribution in [0, 0.1) is 35.1 Å². The van der Waals surface area contributed by atoms with Crippen molar-refractivity contribution in [1.82, 2.24) is 4.98 Å². The van der Waals surface area contributed by atoms with Gasteiger partial charge in [0.05, 0.1) is 0 Å². The second kappa shape index (κ2) is 12.8. The maximum Gasteiger partial charge on any atom is 0.429 e. The zero-order chi connectivity index (χ0) is 31.4. The van der Waals surface area contributed by atoms with Crippen LogP contribution in [0.4, 0.5) is 39.5 Å². The third-order valence-corrected chi connectivity index (χ3v) is 6.33. The predicted octanol–water partition coefficient (Wildman–Crippen LogP) is 9.58. The lowest BCUT2D eigenvalue weighted by atomic mass is 10.0. The van der Waals surface area contributed by atoms with Gasteiger partial charge in [0.1, 0.15) is 45.8 Å². The van der Waals surface area contributed by atoms with Crippen LogP contribution in [-0.4, -0.2) is 4.98 Å². The first-order valence-electron chi connectivity index (χ1n) is 13.0. The molecule has 0 amide bonds. The summed E-state index contributed by atoms with van der Waals surface area (Å²) in [6, 6.07) is 8.77. The Labute approximate surface area is 241 Å². The minimum atomic E-state index is -5.33. The molecular formula is C32H22F9NO. The molecule has 11 heteroatoms. The Morgan fingerprint density at radius 3 is 2.05 bits per heavy atom. The Hall–Kier alpha value is -4.46. The SMILES string of the molecule is CCCCCc1ccc(C#Cc2ccc(C(F)(F)Oc3ccc(-c4cc(F)c(C(F)(F)F)c(F)c4)c(F)c3)c(F)c2)nc1. The zero-order valence-corrected chi connectivity index (χ0v) is 22.4. The smallest absolute Gasteiger partial charge is 0.429 e. The van der Waals surface area contributed by atoms with E-state index in [1.165, 1.54) is 0 Å². The number of alkyl halides is 5. The van der Waals surface area contributed by atoms with Crippen LogP contribution in [0.15, 0.2) is 66.9 Å². The Balaban J connectivity index is 1.49. The van der Waals surface area contributed by atoms with E-state index >= 15 is 0 Å². The van der Waals surface area contributed by atoms with Crippen LogP contribution in [0.3, 0.4) is 0 Å². The molecule has 0 saturated carbocycles. The first kappa shape index (κ1) is 31.5. The molecule has 0 saturated heterocycles. The summed E-state index contributed by atoms with van der Waals surface area (Å²) in [6.07, 6.45) is -3.81. The highest BCUT2D eigenvalue weighted by Gasteiger charge is 2.39. The lowest BCUT2D eigenvalue weighted by Crippen LogP contribution is -2.23. The van der Waals surface area contributed by atoms with Crippen molar-refractivity contribution in [3.8, 4) is 28.7 Å². The molecule has 0 radical (unpaired) electrons. The summed E-state index contributed by atoms with van der Waals surface area (Å²) >= 11 is 0. The van der Waals surface area contributed by atoms with Crippen LogP contribution in [-0.2, 0) is 18.7 Å². The number of aryl methyl sites for hydroxylation is 1. The number of halogens is 9. The summed E-state index contributed by atoms with van der Waals surface area (Å²) in [5.41, 5.74) is -2.99. The van der Waals surface area contributed by atoms with Crippen molar-refractivity contribution in [3.05, 3.63) is 118 Å². The van der Waals surface area contributed by atoms with Crippen molar-refractivity contribution in [1.29, 1.82) is 0 Å². The molecule has 3 aromatic carbocycles. The molecule has 4 rings (SSSR count). The van der Waals surface area contributed by atoms with Gasteiger partial charge in [-0.05, 0) is 78.4 Å². The van der Waals surface area contributed by atoms with Gasteiger partial charge in [-0.15, -0.1) is 0 Å². The van der Waals surface area contributed by atoms with Crippen LogP contribution in [0.2, 0.25) is 0 Å². The molecule has 4 aromatic rings. The molecule has 0 spiro atoms. The molecule has 0 fully saturated rings. The van der Waals surface area contributed by atoms with Crippen molar-refractivity contribution in [2.24, 2.45) is 0 Å². The summed E-state index contributed by atoms with van der Waals surface area (Å²) in [5, 5.41) is 0. The number of benzene rings is 3. The van der Waals surface area contributed by atoms with E-state index in [0.29, 0.717) is 11.8 Å². The van der Waals surface area contributed by atoms with Gasteiger partial charge in [-0.2, -0.15) is 22.0 Å². The number of nitrogens with zero attached hydrogens (tertiary/aromatic N) is 1. The molecule has 0 bridgehead atoms. The number of rotatable bonds is 8. The molecule has 0 atom stereocenters. The van der Waals surface area contributed by atoms with E-state index in [2.05, 4.69) is 28.5 Å². The number of hydrogen-bond acceptors (Lipinski definition) is 2. The predicted molar refractivity (Wildman–Crippen MR) is 141 cm³/mol. The molecule has 0 aliphatic rings. The second-order valence-corrected chi connectivity index (χ2v) is 9.53. The normalized spacial score (nSPS) is 11.7. The molecular weight excluding hydrogens is 585 g/mol. The van der Waals surface area contributed by atoms with Gasteiger partial charge in [-0.25, -0.2) is 22.5 Å². The van der Waals surface area contributed by atoms with Crippen LogP contribution in [0.25, 0.3) is 11.1 Å². The van der Waals surface area contributed by atoms with Gasteiger partial charge < -0.3 is 4.74 Å². The van der Waals surface area contributed by atoms with Crippen molar-refractivity contribution in [3.63, 3.8) is 0 Å². The molecule has 224 valence electrons. The van der Waals surface area contributed by atoms with E-state index in [4.69, 9.17) is 0 Å². The first-order chi connectivity index (χ1) is 20.3. The molecule has 2 nitrogen and oxygen atoms in total.